The smallest absolute Gasteiger partial charge is 0.267 e. The number of hydrogen-bond donors (Lipinski definition) is 0. The Morgan fingerprint density at radius 1 is 1.31 bits per heavy atom. The fraction of sp³-hybridized carbons (Fsp3) is 0.444. The molecule has 0 radical (unpaired) electrons. The normalized spacial score (nSPS) is 19.8. The molecule has 6 nitrogen and oxygen atoms in total. The number of aromatic nitrogens is 4. The second-order valence-electron chi connectivity index (χ2n) is 6.77. The van der Waals surface area contributed by atoms with Crippen LogP contribution >= 0.6 is 23.1 Å². The van der Waals surface area contributed by atoms with Gasteiger partial charge in [0.15, 0.2) is 0 Å². The number of thioether (sulfide) groups is 1. The molecule has 1 unspecified atom stereocenters. The molecule has 0 aliphatic carbocycles. The van der Waals surface area contributed by atoms with Gasteiger partial charge in [0.2, 0.25) is 0 Å². The SMILES string of the molecule is O=c1cc2c(nn1CC1CCCN1c1ncnc3sccc13)CCSC2. The third-order valence-corrected chi connectivity index (χ3v) is 7.01. The van der Waals surface area contributed by atoms with Crippen LogP contribution in [0.15, 0.2) is 28.6 Å². The molecular formula is C18H19N5OS2. The van der Waals surface area contributed by atoms with E-state index >= 15 is 0 Å². The van der Waals surface area contributed by atoms with E-state index in [1.165, 1.54) is 0 Å². The van der Waals surface area contributed by atoms with Gasteiger partial charge in [0.25, 0.3) is 5.56 Å². The molecule has 0 saturated carbocycles. The lowest BCUT2D eigenvalue weighted by Crippen LogP contribution is -2.38. The van der Waals surface area contributed by atoms with Gasteiger partial charge in [-0.1, -0.05) is 0 Å². The standard InChI is InChI=1S/C18H19N5OS2/c24-16-8-12-10-25-6-4-15(12)21-23(16)9-13-2-1-5-22(13)17-14-3-7-26-18(14)20-11-19-17/h3,7-8,11,13H,1-2,4-6,9-10H2. The maximum absolute atomic E-state index is 12.5. The van der Waals surface area contributed by atoms with Crippen LogP contribution in [0.4, 0.5) is 5.82 Å². The van der Waals surface area contributed by atoms with Gasteiger partial charge in [-0.3, -0.25) is 4.79 Å². The summed E-state index contributed by atoms with van der Waals surface area (Å²) in [5, 5.41) is 7.85. The monoisotopic (exact) mass is 385 g/mol. The average Bonchev–Trinajstić information content (AvgIpc) is 3.31. The van der Waals surface area contributed by atoms with Gasteiger partial charge in [-0.05, 0) is 35.6 Å². The summed E-state index contributed by atoms with van der Waals surface area (Å²) in [6.45, 7) is 1.58. The van der Waals surface area contributed by atoms with Crippen LogP contribution in [0.25, 0.3) is 10.2 Å². The van der Waals surface area contributed by atoms with E-state index in [0.717, 1.165) is 64.6 Å². The van der Waals surface area contributed by atoms with Gasteiger partial charge in [-0.25, -0.2) is 14.6 Å². The van der Waals surface area contributed by atoms with E-state index in [1.54, 1.807) is 28.4 Å². The molecule has 0 amide bonds. The lowest BCUT2D eigenvalue weighted by Gasteiger charge is -2.26. The van der Waals surface area contributed by atoms with Gasteiger partial charge in [-0.2, -0.15) is 16.9 Å². The van der Waals surface area contributed by atoms with E-state index in [0.29, 0.717) is 6.54 Å². The summed E-state index contributed by atoms with van der Waals surface area (Å²) in [7, 11) is 0. The van der Waals surface area contributed by atoms with Crippen molar-refractivity contribution in [2.45, 2.75) is 37.6 Å². The van der Waals surface area contributed by atoms with Gasteiger partial charge in [0.1, 0.15) is 17.0 Å². The molecular weight excluding hydrogens is 366 g/mol. The van der Waals surface area contributed by atoms with Crippen LogP contribution in [0.1, 0.15) is 24.1 Å². The zero-order valence-electron chi connectivity index (χ0n) is 14.3. The molecule has 1 fully saturated rings. The van der Waals surface area contributed by atoms with Crippen molar-refractivity contribution in [2.75, 3.05) is 17.2 Å². The van der Waals surface area contributed by atoms with E-state index in [2.05, 4.69) is 26.3 Å². The molecule has 5 rings (SSSR count). The van der Waals surface area contributed by atoms with Crippen molar-refractivity contribution < 1.29 is 0 Å². The molecule has 5 heterocycles. The minimum Gasteiger partial charge on any atom is -0.351 e. The first-order valence-electron chi connectivity index (χ1n) is 8.92. The first-order valence-corrected chi connectivity index (χ1v) is 11.0. The van der Waals surface area contributed by atoms with E-state index in [-0.39, 0.29) is 11.6 Å². The molecule has 2 aliphatic heterocycles. The van der Waals surface area contributed by atoms with Crippen molar-refractivity contribution in [1.29, 1.82) is 0 Å². The van der Waals surface area contributed by atoms with E-state index in [1.807, 2.05) is 11.8 Å². The van der Waals surface area contributed by atoms with E-state index < -0.39 is 0 Å². The van der Waals surface area contributed by atoms with Crippen molar-refractivity contribution in [2.24, 2.45) is 0 Å². The Labute approximate surface area is 159 Å². The van der Waals surface area contributed by atoms with Crippen molar-refractivity contribution in [3.8, 4) is 0 Å². The highest BCUT2D eigenvalue weighted by Crippen LogP contribution is 2.32. The minimum atomic E-state index is 0.0152. The van der Waals surface area contributed by atoms with Gasteiger partial charge in [0.05, 0.1) is 23.7 Å². The summed E-state index contributed by atoms with van der Waals surface area (Å²) in [4.78, 5) is 24.8. The molecule has 0 aromatic carbocycles. The number of thiophene rings is 1. The van der Waals surface area contributed by atoms with Crippen LogP contribution in [0.3, 0.4) is 0 Å². The Kier molecular flexibility index (Phi) is 4.17. The van der Waals surface area contributed by atoms with Gasteiger partial charge in [-0.15, -0.1) is 11.3 Å². The number of rotatable bonds is 3. The third kappa shape index (κ3) is 2.81. The zero-order chi connectivity index (χ0) is 17.5. The predicted octanol–water partition coefficient (Wildman–Crippen LogP) is 2.71. The highest BCUT2D eigenvalue weighted by molar-refractivity contribution is 7.98. The number of nitrogens with zero attached hydrogens (tertiary/aromatic N) is 5. The maximum Gasteiger partial charge on any atom is 0.267 e. The van der Waals surface area contributed by atoms with Crippen molar-refractivity contribution in [1.82, 2.24) is 19.7 Å². The molecule has 26 heavy (non-hydrogen) atoms. The van der Waals surface area contributed by atoms with Crippen LogP contribution in [0.2, 0.25) is 0 Å². The van der Waals surface area contributed by atoms with Crippen LogP contribution in [0, 0.1) is 0 Å². The Balaban J connectivity index is 1.47. The highest BCUT2D eigenvalue weighted by atomic mass is 32.2. The Morgan fingerprint density at radius 2 is 2.27 bits per heavy atom. The molecule has 0 N–H and O–H groups in total. The highest BCUT2D eigenvalue weighted by Gasteiger charge is 2.28. The predicted molar refractivity (Wildman–Crippen MR) is 106 cm³/mol. The van der Waals surface area contributed by atoms with Crippen LogP contribution in [-0.4, -0.2) is 38.1 Å². The maximum atomic E-state index is 12.5. The first kappa shape index (κ1) is 16.3. The molecule has 3 aromatic heterocycles. The lowest BCUT2D eigenvalue weighted by atomic mass is 10.2. The number of anilines is 1. The van der Waals surface area contributed by atoms with Crippen LogP contribution in [0.5, 0.6) is 0 Å². The number of aryl methyl sites for hydroxylation is 1. The van der Waals surface area contributed by atoms with Crippen LogP contribution < -0.4 is 10.5 Å². The summed E-state index contributed by atoms with van der Waals surface area (Å²) in [5.74, 6) is 2.98. The second kappa shape index (κ2) is 6.66. The molecule has 0 bridgehead atoms. The van der Waals surface area contributed by atoms with Crippen molar-refractivity contribution >= 4 is 39.1 Å². The molecule has 8 heteroatoms. The van der Waals surface area contributed by atoms with E-state index in [9.17, 15) is 4.79 Å². The van der Waals surface area contributed by atoms with Gasteiger partial charge in [0, 0.05) is 24.8 Å². The zero-order valence-corrected chi connectivity index (χ0v) is 15.9. The molecule has 1 saturated heterocycles. The fourth-order valence-electron chi connectivity index (χ4n) is 3.89. The molecule has 1 atom stereocenters. The molecule has 3 aromatic rings. The second-order valence-corrected chi connectivity index (χ2v) is 8.77. The van der Waals surface area contributed by atoms with E-state index in [4.69, 9.17) is 5.10 Å². The third-order valence-electron chi connectivity index (χ3n) is 5.18. The topological polar surface area (TPSA) is 63.9 Å². The largest absolute Gasteiger partial charge is 0.351 e. The Morgan fingerprint density at radius 3 is 3.23 bits per heavy atom. The summed E-state index contributed by atoms with van der Waals surface area (Å²) in [6, 6.07) is 4.12. The quantitative estimate of drug-likeness (QED) is 0.691. The minimum absolute atomic E-state index is 0.0152. The number of fused-ring (bicyclic) bond motifs is 2. The summed E-state index contributed by atoms with van der Waals surface area (Å²) < 4.78 is 1.67. The fourth-order valence-corrected chi connectivity index (χ4v) is 5.57. The summed E-state index contributed by atoms with van der Waals surface area (Å²) in [6.07, 6.45) is 4.76. The molecule has 2 aliphatic rings. The summed E-state index contributed by atoms with van der Waals surface area (Å²) >= 11 is 3.51. The summed E-state index contributed by atoms with van der Waals surface area (Å²) in [5.41, 5.74) is 2.22. The average molecular weight is 386 g/mol. The van der Waals surface area contributed by atoms with Crippen molar-refractivity contribution in [3.63, 3.8) is 0 Å². The number of hydrogen-bond acceptors (Lipinski definition) is 7. The molecule has 0 spiro atoms. The lowest BCUT2D eigenvalue weighted by molar-refractivity contribution is 0.480. The van der Waals surface area contributed by atoms with Gasteiger partial charge < -0.3 is 4.90 Å². The van der Waals surface area contributed by atoms with Crippen LogP contribution in [-0.2, 0) is 18.7 Å². The molecule has 134 valence electrons. The van der Waals surface area contributed by atoms with Crippen molar-refractivity contribution in [3.05, 3.63) is 45.5 Å². The van der Waals surface area contributed by atoms with Gasteiger partial charge >= 0.3 is 0 Å². The Hall–Kier alpha value is -1.93. The Bertz CT molecular complexity index is 1010. The first-order chi connectivity index (χ1) is 12.8.